The van der Waals surface area contributed by atoms with Crippen LogP contribution in [0.4, 0.5) is 5.69 Å². The fraction of sp³-hybridized carbons (Fsp3) is 0.333. The van der Waals surface area contributed by atoms with Crippen LogP contribution in [-0.2, 0) is 11.2 Å². The van der Waals surface area contributed by atoms with Crippen molar-refractivity contribution >= 4 is 11.6 Å². The Labute approximate surface area is 188 Å². The number of nitro benzene ring substituents is 1. The van der Waals surface area contributed by atoms with Crippen molar-refractivity contribution in [1.29, 1.82) is 0 Å². The molecule has 0 aliphatic heterocycles. The topological polar surface area (TPSA) is 93.3 Å². The quantitative estimate of drug-likeness (QED) is 0.386. The van der Waals surface area contributed by atoms with Crippen LogP contribution in [0.1, 0.15) is 26.3 Å². The summed E-state index contributed by atoms with van der Waals surface area (Å²) in [6.07, 6.45) is 2.02. The summed E-state index contributed by atoms with van der Waals surface area (Å²) in [7, 11) is 0. The molecule has 1 amide bonds. The van der Waals surface area contributed by atoms with Gasteiger partial charge in [0.2, 0.25) is 5.91 Å². The van der Waals surface area contributed by atoms with Gasteiger partial charge in [-0.25, -0.2) is 4.68 Å². The summed E-state index contributed by atoms with van der Waals surface area (Å²) in [6, 6.07) is 16.3. The van der Waals surface area contributed by atoms with Gasteiger partial charge in [0.15, 0.2) is 0 Å². The summed E-state index contributed by atoms with van der Waals surface area (Å²) in [4.78, 5) is 25.5. The van der Waals surface area contributed by atoms with Gasteiger partial charge in [0.25, 0.3) is 5.69 Å². The molecule has 0 saturated carbocycles. The highest BCUT2D eigenvalue weighted by Crippen LogP contribution is 2.26. The average molecular weight is 436 g/mol. The second-order valence-electron chi connectivity index (χ2n) is 7.84. The van der Waals surface area contributed by atoms with E-state index >= 15 is 0 Å². The zero-order valence-electron chi connectivity index (χ0n) is 18.7. The maximum absolute atomic E-state index is 12.7. The molecular formula is C24H29N5O3. The summed E-state index contributed by atoms with van der Waals surface area (Å²) in [5, 5.41) is 18.7. The predicted molar refractivity (Wildman–Crippen MR) is 125 cm³/mol. The molecule has 3 rings (SSSR count). The molecule has 0 bridgehead atoms. The van der Waals surface area contributed by atoms with E-state index in [1.807, 2.05) is 36.5 Å². The number of nitro groups is 1. The summed E-state index contributed by atoms with van der Waals surface area (Å²) in [5.41, 5.74) is 3.01. The Morgan fingerprint density at radius 3 is 2.44 bits per heavy atom. The molecule has 0 saturated heterocycles. The highest BCUT2D eigenvalue weighted by atomic mass is 16.6. The van der Waals surface area contributed by atoms with Gasteiger partial charge < -0.3 is 5.32 Å². The fourth-order valence-corrected chi connectivity index (χ4v) is 3.59. The van der Waals surface area contributed by atoms with Crippen LogP contribution in [0.3, 0.4) is 0 Å². The summed E-state index contributed by atoms with van der Waals surface area (Å²) in [6.45, 7) is 8.68. The molecule has 0 fully saturated rings. The van der Waals surface area contributed by atoms with E-state index in [2.05, 4.69) is 36.1 Å². The van der Waals surface area contributed by atoms with E-state index in [9.17, 15) is 14.9 Å². The molecule has 0 aliphatic carbocycles. The largest absolute Gasteiger partial charge is 0.355 e. The van der Waals surface area contributed by atoms with Gasteiger partial charge in [-0.15, -0.1) is 0 Å². The zero-order valence-corrected chi connectivity index (χ0v) is 18.7. The number of non-ortho nitro benzene ring substituents is 1. The number of rotatable bonds is 10. The third-order valence-corrected chi connectivity index (χ3v) is 5.37. The molecule has 1 heterocycles. The second kappa shape index (κ2) is 10.7. The Kier molecular flexibility index (Phi) is 7.72. The lowest BCUT2D eigenvalue weighted by Crippen LogP contribution is -2.38. The molecule has 1 aromatic heterocycles. The van der Waals surface area contributed by atoms with Crippen LogP contribution in [0.2, 0.25) is 0 Å². The number of likely N-dealkylation sites (N-methyl/N-ethyl adjacent to an activating group) is 1. The highest BCUT2D eigenvalue weighted by molar-refractivity contribution is 5.81. The molecule has 1 N–H and O–H groups in total. The number of carbonyl (C=O) groups is 1. The van der Waals surface area contributed by atoms with Crippen LogP contribution in [-0.4, -0.2) is 51.2 Å². The lowest BCUT2D eigenvalue weighted by Gasteiger charge is -2.24. The van der Waals surface area contributed by atoms with E-state index in [1.54, 1.807) is 16.8 Å². The van der Waals surface area contributed by atoms with Crippen LogP contribution in [0, 0.1) is 10.1 Å². The van der Waals surface area contributed by atoms with Gasteiger partial charge in [-0.1, -0.05) is 25.1 Å². The van der Waals surface area contributed by atoms with E-state index in [0.29, 0.717) is 18.3 Å². The van der Waals surface area contributed by atoms with E-state index in [0.717, 1.165) is 29.9 Å². The van der Waals surface area contributed by atoms with Crippen molar-refractivity contribution < 1.29 is 9.72 Å². The minimum absolute atomic E-state index is 0.0150. The Balaban J connectivity index is 1.81. The monoisotopic (exact) mass is 435 g/mol. The van der Waals surface area contributed by atoms with E-state index < -0.39 is 4.92 Å². The zero-order chi connectivity index (χ0) is 23.1. The van der Waals surface area contributed by atoms with Crippen molar-refractivity contribution in [2.45, 2.75) is 33.2 Å². The van der Waals surface area contributed by atoms with Crippen LogP contribution in [0.5, 0.6) is 0 Å². The van der Waals surface area contributed by atoms with Crippen molar-refractivity contribution in [2.24, 2.45) is 0 Å². The first-order valence-corrected chi connectivity index (χ1v) is 10.8. The average Bonchev–Trinajstić information content (AvgIpc) is 3.20. The molecule has 8 nitrogen and oxygen atoms in total. The minimum Gasteiger partial charge on any atom is -0.355 e. The van der Waals surface area contributed by atoms with Gasteiger partial charge in [0.1, 0.15) is 0 Å². The van der Waals surface area contributed by atoms with Crippen LogP contribution in [0.25, 0.3) is 16.9 Å². The van der Waals surface area contributed by atoms with Crippen molar-refractivity contribution in [3.05, 3.63) is 76.5 Å². The van der Waals surface area contributed by atoms with Crippen molar-refractivity contribution in [2.75, 3.05) is 19.6 Å². The van der Waals surface area contributed by atoms with Crippen molar-refractivity contribution in [1.82, 2.24) is 20.0 Å². The molecule has 0 spiro atoms. The molecule has 3 aromatic rings. The lowest BCUT2D eigenvalue weighted by molar-refractivity contribution is -0.384. The molecule has 0 aliphatic rings. The number of carbonyl (C=O) groups excluding carboxylic acids is 1. The maximum Gasteiger partial charge on any atom is 0.269 e. The number of amides is 1. The first-order chi connectivity index (χ1) is 15.4. The number of nitrogens with one attached hydrogen (secondary N) is 1. The van der Waals surface area contributed by atoms with Crippen molar-refractivity contribution in [3.8, 4) is 16.9 Å². The molecule has 0 atom stereocenters. The smallest absolute Gasteiger partial charge is 0.269 e. The lowest BCUT2D eigenvalue weighted by atomic mass is 10.1. The third kappa shape index (κ3) is 5.79. The Hall–Kier alpha value is -3.52. The normalized spacial score (nSPS) is 11.2. The SMILES string of the molecule is CCN(CCNC(=O)Cc1cn(-c2ccccc2)nc1-c1ccc([N+](=O)[O-])cc1)C(C)C. The van der Waals surface area contributed by atoms with Crippen LogP contribution in [0.15, 0.2) is 60.8 Å². The number of benzene rings is 2. The Morgan fingerprint density at radius 2 is 1.84 bits per heavy atom. The minimum atomic E-state index is -0.433. The number of aromatic nitrogens is 2. The van der Waals surface area contributed by atoms with E-state index in [1.165, 1.54) is 12.1 Å². The number of hydrogen-bond donors (Lipinski definition) is 1. The van der Waals surface area contributed by atoms with Gasteiger partial charge in [-0.2, -0.15) is 5.10 Å². The molecule has 8 heteroatoms. The molecule has 2 aromatic carbocycles. The van der Waals surface area contributed by atoms with E-state index in [-0.39, 0.29) is 18.0 Å². The number of para-hydroxylation sites is 1. The van der Waals surface area contributed by atoms with Gasteiger partial charge in [-0.3, -0.25) is 19.8 Å². The van der Waals surface area contributed by atoms with Gasteiger partial charge in [0, 0.05) is 48.6 Å². The van der Waals surface area contributed by atoms with Crippen LogP contribution >= 0.6 is 0 Å². The molecule has 0 unspecified atom stereocenters. The first-order valence-electron chi connectivity index (χ1n) is 10.8. The van der Waals surface area contributed by atoms with Gasteiger partial charge in [-0.05, 0) is 44.7 Å². The van der Waals surface area contributed by atoms with E-state index in [4.69, 9.17) is 0 Å². The molecular weight excluding hydrogens is 406 g/mol. The molecule has 32 heavy (non-hydrogen) atoms. The van der Waals surface area contributed by atoms with Crippen LogP contribution < -0.4 is 5.32 Å². The highest BCUT2D eigenvalue weighted by Gasteiger charge is 2.17. The summed E-state index contributed by atoms with van der Waals surface area (Å²) >= 11 is 0. The van der Waals surface area contributed by atoms with Crippen molar-refractivity contribution in [3.63, 3.8) is 0 Å². The molecule has 168 valence electrons. The number of hydrogen-bond acceptors (Lipinski definition) is 5. The first kappa shape index (κ1) is 23.1. The molecule has 0 radical (unpaired) electrons. The third-order valence-electron chi connectivity index (χ3n) is 5.37. The second-order valence-corrected chi connectivity index (χ2v) is 7.84. The van der Waals surface area contributed by atoms with Gasteiger partial charge >= 0.3 is 0 Å². The van der Waals surface area contributed by atoms with Gasteiger partial charge in [0.05, 0.1) is 22.7 Å². The Morgan fingerprint density at radius 1 is 1.16 bits per heavy atom. The predicted octanol–water partition coefficient (Wildman–Crippen LogP) is 3.84. The standard InChI is InChI=1S/C24H29N5O3/c1-4-27(18(2)3)15-14-25-23(30)16-20-17-28(21-8-6-5-7-9-21)26-24(20)19-10-12-22(13-11-19)29(31)32/h5-13,17-18H,4,14-16H2,1-3H3,(H,25,30). The maximum atomic E-state index is 12.7. The summed E-state index contributed by atoms with van der Waals surface area (Å²) < 4.78 is 1.73. The number of nitrogens with zero attached hydrogens (tertiary/aromatic N) is 4. The summed E-state index contributed by atoms with van der Waals surface area (Å²) in [5.74, 6) is -0.0828. The fourth-order valence-electron chi connectivity index (χ4n) is 3.59. The Bertz CT molecular complexity index is 1050.